The molecule has 3 aromatic rings. The summed E-state index contributed by atoms with van der Waals surface area (Å²) in [6, 6.07) is 7.89. The van der Waals surface area contributed by atoms with Crippen molar-refractivity contribution in [1.29, 1.82) is 0 Å². The van der Waals surface area contributed by atoms with Crippen LogP contribution in [0.3, 0.4) is 0 Å². The van der Waals surface area contributed by atoms with Crippen LogP contribution in [0.5, 0.6) is 0 Å². The van der Waals surface area contributed by atoms with Crippen LogP contribution in [0.4, 0.5) is 16.6 Å². The van der Waals surface area contributed by atoms with E-state index in [1.54, 1.807) is 11.3 Å². The molecule has 3 heterocycles. The second-order valence-corrected chi connectivity index (χ2v) is 9.91. The fourth-order valence-corrected chi connectivity index (χ4v) is 6.10. The molecular weight excluding hydrogens is 436 g/mol. The number of nitrogens with zero attached hydrogens (tertiary/aromatic N) is 3. The van der Waals surface area contributed by atoms with E-state index in [1.807, 2.05) is 31.2 Å². The van der Waals surface area contributed by atoms with E-state index in [4.69, 9.17) is 19.4 Å². The highest BCUT2D eigenvalue weighted by Crippen LogP contribution is 2.41. The van der Waals surface area contributed by atoms with E-state index in [2.05, 4.69) is 24.1 Å². The molecule has 1 fully saturated rings. The van der Waals surface area contributed by atoms with Gasteiger partial charge < -0.3 is 19.7 Å². The molecule has 1 aliphatic heterocycles. The third kappa shape index (κ3) is 4.42. The van der Waals surface area contributed by atoms with Crippen molar-refractivity contribution in [3.05, 3.63) is 40.3 Å². The van der Waals surface area contributed by atoms with Crippen molar-refractivity contribution in [1.82, 2.24) is 9.97 Å². The standard InChI is InChI=1S/C25H30N4O3S/c1-4-31-25(30)21-17-9-5-8-12-20(17)33-24(21)28-22-23(29-13-15(2)32-16(3)14-29)27-19-11-7-6-10-18(19)26-22/h6-7,10-11,15-16H,4-5,8-9,12-14H2,1-3H3,(H,26,28)/t15-,16-/m1/s1. The van der Waals surface area contributed by atoms with Gasteiger partial charge >= 0.3 is 5.97 Å². The van der Waals surface area contributed by atoms with Crippen molar-refractivity contribution >= 4 is 45.0 Å². The molecule has 2 aromatic heterocycles. The summed E-state index contributed by atoms with van der Waals surface area (Å²) in [5, 5.41) is 4.32. The molecule has 0 spiro atoms. The van der Waals surface area contributed by atoms with Crippen molar-refractivity contribution in [2.45, 2.75) is 58.7 Å². The van der Waals surface area contributed by atoms with Gasteiger partial charge in [0.15, 0.2) is 11.6 Å². The average Bonchev–Trinajstić information content (AvgIpc) is 3.16. The van der Waals surface area contributed by atoms with Gasteiger partial charge in [0, 0.05) is 18.0 Å². The van der Waals surface area contributed by atoms with Gasteiger partial charge in [0.05, 0.1) is 35.4 Å². The maximum absolute atomic E-state index is 13.0. The van der Waals surface area contributed by atoms with Crippen LogP contribution in [0.1, 0.15) is 54.4 Å². The number of esters is 1. The Labute approximate surface area is 198 Å². The summed E-state index contributed by atoms with van der Waals surface area (Å²) in [5.41, 5.74) is 3.47. The number of hydrogen-bond donors (Lipinski definition) is 1. The number of ether oxygens (including phenoxy) is 2. The fourth-order valence-electron chi connectivity index (χ4n) is 4.83. The first-order valence-electron chi connectivity index (χ1n) is 11.8. The maximum atomic E-state index is 13.0. The zero-order valence-electron chi connectivity index (χ0n) is 19.4. The van der Waals surface area contributed by atoms with Crippen molar-refractivity contribution in [3.63, 3.8) is 0 Å². The van der Waals surface area contributed by atoms with Crippen LogP contribution in [-0.4, -0.2) is 47.8 Å². The summed E-state index contributed by atoms with van der Waals surface area (Å²) >= 11 is 1.65. The van der Waals surface area contributed by atoms with Gasteiger partial charge in [-0.2, -0.15) is 0 Å². The number of aryl methyl sites for hydroxylation is 1. The summed E-state index contributed by atoms with van der Waals surface area (Å²) in [6.07, 6.45) is 4.36. The highest BCUT2D eigenvalue weighted by atomic mass is 32.1. The molecule has 0 amide bonds. The molecule has 8 heteroatoms. The summed E-state index contributed by atoms with van der Waals surface area (Å²) in [5.74, 6) is 1.19. The Morgan fingerprint density at radius 3 is 2.58 bits per heavy atom. The van der Waals surface area contributed by atoms with E-state index >= 15 is 0 Å². The minimum absolute atomic E-state index is 0.0963. The largest absolute Gasteiger partial charge is 0.462 e. The lowest BCUT2D eigenvalue weighted by Crippen LogP contribution is -2.46. The van der Waals surface area contributed by atoms with Crippen LogP contribution < -0.4 is 10.2 Å². The van der Waals surface area contributed by atoms with E-state index in [0.29, 0.717) is 18.0 Å². The van der Waals surface area contributed by atoms with Crippen LogP contribution >= 0.6 is 11.3 Å². The average molecular weight is 467 g/mol. The molecule has 2 aliphatic rings. The summed E-state index contributed by atoms with van der Waals surface area (Å²) in [7, 11) is 0. The van der Waals surface area contributed by atoms with Crippen LogP contribution in [0.2, 0.25) is 0 Å². The van der Waals surface area contributed by atoms with Crippen molar-refractivity contribution in [2.75, 3.05) is 29.9 Å². The number of benzene rings is 1. The predicted octanol–water partition coefficient (Wildman–Crippen LogP) is 5.10. The maximum Gasteiger partial charge on any atom is 0.341 e. The lowest BCUT2D eigenvalue weighted by Gasteiger charge is -2.36. The number of thiophene rings is 1. The summed E-state index contributed by atoms with van der Waals surface area (Å²) in [6.45, 7) is 7.83. The van der Waals surface area contributed by atoms with Crippen LogP contribution in [0.25, 0.3) is 11.0 Å². The van der Waals surface area contributed by atoms with Gasteiger partial charge in [-0.25, -0.2) is 14.8 Å². The number of para-hydroxylation sites is 2. The minimum Gasteiger partial charge on any atom is -0.462 e. The second kappa shape index (κ2) is 9.27. The molecular formula is C25H30N4O3S. The van der Waals surface area contributed by atoms with Gasteiger partial charge in [-0.1, -0.05) is 12.1 Å². The number of nitrogens with one attached hydrogen (secondary N) is 1. The molecule has 1 aliphatic carbocycles. The number of carbonyl (C=O) groups excluding carboxylic acids is 1. The lowest BCUT2D eigenvalue weighted by atomic mass is 9.95. The van der Waals surface area contributed by atoms with Gasteiger partial charge in [-0.05, 0) is 64.2 Å². The minimum atomic E-state index is -0.261. The number of aromatic nitrogens is 2. The van der Waals surface area contributed by atoms with E-state index < -0.39 is 0 Å². The zero-order valence-corrected chi connectivity index (χ0v) is 20.2. The van der Waals surface area contributed by atoms with Crippen LogP contribution in [0.15, 0.2) is 24.3 Å². The highest BCUT2D eigenvalue weighted by molar-refractivity contribution is 7.16. The molecule has 174 valence electrons. The van der Waals surface area contributed by atoms with Gasteiger partial charge in [0.2, 0.25) is 0 Å². The molecule has 0 unspecified atom stereocenters. The number of rotatable bonds is 5. The molecule has 0 saturated carbocycles. The monoisotopic (exact) mass is 466 g/mol. The molecule has 1 N–H and O–H groups in total. The Morgan fingerprint density at radius 1 is 1.15 bits per heavy atom. The molecule has 7 nitrogen and oxygen atoms in total. The van der Waals surface area contributed by atoms with Gasteiger partial charge in [-0.15, -0.1) is 11.3 Å². The highest BCUT2D eigenvalue weighted by Gasteiger charge is 2.30. The SMILES string of the molecule is CCOC(=O)c1c(Nc2nc3ccccc3nc2N2C[C@@H](C)O[C@H](C)C2)sc2c1CCCC2. The quantitative estimate of drug-likeness (QED) is 0.524. The molecule has 0 radical (unpaired) electrons. The first-order valence-corrected chi connectivity index (χ1v) is 12.6. The first-order chi connectivity index (χ1) is 16.0. The van der Waals surface area contributed by atoms with Gasteiger partial charge in [-0.3, -0.25) is 0 Å². The van der Waals surface area contributed by atoms with Crippen LogP contribution in [-0.2, 0) is 22.3 Å². The molecule has 0 bridgehead atoms. The Hall–Kier alpha value is -2.71. The fraction of sp³-hybridized carbons (Fsp3) is 0.480. The van der Waals surface area contributed by atoms with Crippen molar-refractivity contribution < 1.29 is 14.3 Å². The first kappa shape index (κ1) is 22.1. The van der Waals surface area contributed by atoms with Gasteiger partial charge in [0.1, 0.15) is 5.00 Å². The molecule has 2 atom stereocenters. The summed E-state index contributed by atoms with van der Waals surface area (Å²) < 4.78 is 11.4. The Balaban J connectivity index is 1.60. The Kier molecular flexibility index (Phi) is 6.21. The molecule has 1 saturated heterocycles. The predicted molar refractivity (Wildman–Crippen MR) is 132 cm³/mol. The normalized spacial score (nSPS) is 20.5. The number of morpholine rings is 1. The second-order valence-electron chi connectivity index (χ2n) is 8.81. The smallest absolute Gasteiger partial charge is 0.341 e. The number of anilines is 3. The Morgan fingerprint density at radius 2 is 1.85 bits per heavy atom. The van der Waals surface area contributed by atoms with E-state index in [1.165, 1.54) is 4.88 Å². The van der Waals surface area contributed by atoms with Crippen LogP contribution in [0, 0.1) is 0 Å². The van der Waals surface area contributed by atoms with Crippen molar-refractivity contribution in [2.24, 2.45) is 0 Å². The van der Waals surface area contributed by atoms with Crippen molar-refractivity contribution in [3.8, 4) is 0 Å². The number of hydrogen-bond acceptors (Lipinski definition) is 8. The molecule has 1 aromatic carbocycles. The topological polar surface area (TPSA) is 76.6 Å². The van der Waals surface area contributed by atoms with E-state index in [-0.39, 0.29) is 18.2 Å². The zero-order chi connectivity index (χ0) is 22.9. The molecule has 5 rings (SSSR count). The molecule has 33 heavy (non-hydrogen) atoms. The lowest BCUT2D eigenvalue weighted by molar-refractivity contribution is -0.00541. The third-order valence-corrected chi connectivity index (χ3v) is 7.36. The van der Waals surface area contributed by atoms with Gasteiger partial charge in [0.25, 0.3) is 0 Å². The Bertz CT molecular complexity index is 1170. The number of fused-ring (bicyclic) bond motifs is 2. The van der Waals surface area contributed by atoms with E-state index in [9.17, 15) is 4.79 Å². The third-order valence-electron chi connectivity index (χ3n) is 6.15. The summed E-state index contributed by atoms with van der Waals surface area (Å²) in [4.78, 5) is 26.4. The number of carbonyl (C=O) groups is 1. The van der Waals surface area contributed by atoms with E-state index in [0.717, 1.165) is 66.2 Å².